The molecule has 0 aliphatic carbocycles. The highest BCUT2D eigenvalue weighted by molar-refractivity contribution is 6.13. The van der Waals surface area contributed by atoms with Gasteiger partial charge in [-0.25, -0.2) is 9.69 Å². The first-order chi connectivity index (χ1) is 11.4. The number of nitrogens with one attached hydrogen (secondary N) is 1. The van der Waals surface area contributed by atoms with Gasteiger partial charge >= 0.3 is 6.03 Å². The van der Waals surface area contributed by atoms with Gasteiger partial charge in [0.1, 0.15) is 5.75 Å². The molecule has 0 unspecified atom stereocenters. The van der Waals surface area contributed by atoms with E-state index in [0.717, 1.165) is 16.0 Å². The molecule has 0 fully saturated rings. The molecule has 2 aromatic carbocycles. The van der Waals surface area contributed by atoms with Crippen LogP contribution in [-0.4, -0.2) is 18.7 Å². The van der Waals surface area contributed by atoms with E-state index in [1.807, 2.05) is 32.0 Å². The molecule has 3 N–H and O–H groups in total. The van der Waals surface area contributed by atoms with Crippen LogP contribution in [0.2, 0.25) is 0 Å². The van der Waals surface area contributed by atoms with Gasteiger partial charge in [-0.3, -0.25) is 4.79 Å². The number of nitrogens with two attached hydrogens (primary N) is 1. The van der Waals surface area contributed by atoms with E-state index in [4.69, 9.17) is 10.5 Å². The monoisotopic (exact) mass is 327 g/mol. The first-order valence-corrected chi connectivity index (χ1v) is 7.52. The molecule has 2 rings (SSSR count). The van der Waals surface area contributed by atoms with E-state index >= 15 is 0 Å². The Morgan fingerprint density at radius 3 is 2.38 bits per heavy atom. The highest BCUT2D eigenvalue weighted by Crippen LogP contribution is 2.19. The summed E-state index contributed by atoms with van der Waals surface area (Å²) in [5.74, 6) is 0.284. The summed E-state index contributed by atoms with van der Waals surface area (Å²) >= 11 is 0. The van der Waals surface area contributed by atoms with Gasteiger partial charge < -0.3 is 15.8 Å². The van der Waals surface area contributed by atoms with Crippen LogP contribution in [0.25, 0.3) is 0 Å². The van der Waals surface area contributed by atoms with Crippen LogP contribution >= 0.6 is 0 Å². The molecule has 0 aromatic heterocycles. The summed E-state index contributed by atoms with van der Waals surface area (Å²) in [5.41, 5.74) is 8.74. The Morgan fingerprint density at radius 2 is 1.79 bits per heavy atom. The number of amides is 3. The highest BCUT2D eigenvalue weighted by Gasteiger charge is 2.19. The van der Waals surface area contributed by atoms with Gasteiger partial charge in [-0.1, -0.05) is 17.7 Å². The summed E-state index contributed by atoms with van der Waals surface area (Å²) in [4.78, 5) is 25.1. The quantitative estimate of drug-likeness (QED) is 0.668. The molecule has 0 heterocycles. The molecular weight excluding hydrogens is 306 g/mol. The number of nitrogens with zero attached hydrogens (tertiary/aromatic N) is 1. The number of imide groups is 1. The van der Waals surface area contributed by atoms with Gasteiger partial charge in [0.05, 0.1) is 5.69 Å². The van der Waals surface area contributed by atoms with Crippen molar-refractivity contribution in [2.24, 2.45) is 0 Å². The van der Waals surface area contributed by atoms with Crippen molar-refractivity contribution in [2.75, 3.05) is 17.4 Å². The second-order valence-electron chi connectivity index (χ2n) is 5.49. The predicted octanol–water partition coefficient (Wildman–Crippen LogP) is 2.98. The second-order valence-corrected chi connectivity index (χ2v) is 5.49. The predicted molar refractivity (Wildman–Crippen MR) is 94.0 cm³/mol. The number of carbonyl (C=O) groups excluding carboxylic acids is 2. The molecule has 126 valence electrons. The Hall–Kier alpha value is -3.02. The number of rotatable bonds is 4. The molecule has 6 nitrogen and oxygen atoms in total. The fraction of sp³-hybridized carbons (Fsp3) is 0.222. The largest absolute Gasteiger partial charge is 0.473 e. The smallest absolute Gasteiger partial charge is 0.331 e. The molecule has 24 heavy (non-hydrogen) atoms. The maximum Gasteiger partial charge on any atom is 0.331 e. The Labute approximate surface area is 141 Å². The molecule has 0 saturated heterocycles. The van der Waals surface area contributed by atoms with Gasteiger partial charge in [-0.15, -0.1) is 0 Å². The van der Waals surface area contributed by atoms with Gasteiger partial charge in [0, 0.05) is 12.6 Å². The van der Waals surface area contributed by atoms with Crippen LogP contribution in [0.4, 0.5) is 16.2 Å². The Balaban J connectivity index is 2.01. The van der Waals surface area contributed by atoms with Gasteiger partial charge in [0.25, 0.3) is 0 Å². The molecule has 2 aromatic rings. The minimum atomic E-state index is -0.558. The second kappa shape index (κ2) is 7.50. The molecule has 0 aliphatic heterocycles. The van der Waals surface area contributed by atoms with Crippen LogP contribution < -0.4 is 20.7 Å². The van der Waals surface area contributed by atoms with Crippen molar-refractivity contribution in [3.63, 3.8) is 0 Å². The van der Waals surface area contributed by atoms with E-state index in [1.54, 1.807) is 24.3 Å². The van der Waals surface area contributed by atoms with Crippen LogP contribution in [0, 0.1) is 13.8 Å². The Kier molecular flexibility index (Phi) is 5.42. The SMILES string of the molecule is CC(=O)N(C(=O)NCOc1ccc(C)cc1C)c1ccc(N)cc1. The zero-order valence-corrected chi connectivity index (χ0v) is 14.0. The Morgan fingerprint density at radius 1 is 1.12 bits per heavy atom. The third-order valence-electron chi connectivity index (χ3n) is 3.45. The van der Waals surface area contributed by atoms with Crippen molar-refractivity contribution in [3.8, 4) is 5.75 Å². The minimum Gasteiger partial charge on any atom is -0.473 e. The molecule has 6 heteroatoms. The lowest BCUT2D eigenvalue weighted by Crippen LogP contribution is -2.44. The van der Waals surface area contributed by atoms with Gasteiger partial charge in [-0.2, -0.15) is 0 Å². The number of benzene rings is 2. The van der Waals surface area contributed by atoms with E-state index in [9.17, 15) is 9.59 Å². The summed E-state index contributed by atoms with van der Waals surface area (Å²) in [6.07, 6.45) is 0. The molecule has 0 atom stereocenters. The summed E-state index contributed by atoms with van der Waals surface area (Å²) in [7, 11) is 0. The number of anilines is 2. The minimum absolute atomic E-state index is 0.0402. The fourth-order valence-corrected chi connectivity index (χ4v) is 2.28. The van der Waals surface area contributed by atoms with Crippen LogP contribution in [-0.2, 0) is 4.79 Å². The van der Waals surface area contributed by atoms with E-state index in [0.29, 0.717) is 17.1 Å². The lowest BCUT2D eigenvalue weighted by Gasteiger charge is -2.20. The first kappa shape index (κ1) is 17.3. The van der Waals surface area contributed by atoms with Crippen LogP contribution in [0.5, 0.6) is 5.75 Å². The molecular formula is C18H21N3O3. The molecule has 0 aliphatic rings. The van der Waals surface area contributed by atoms with Gasteiger partial charge in [-0.05, 0) is 49.7 Å². The number of ether oxygens (including phenoxy) is 1. The molecule has 0 bridgehead atoms. The number of nitrogen functional groups attached to an aromatic ring is 1. The number of hydrogen-bond donors (Lipinski definition) is 2. The highest BCUT2D eigenvalue weighted by atomic mass is 16.5. The number of aryl methyl sites for hydroxylation is 2. The molecule has 0 radical (unpaired) electrons. The summed E-state index contributed by atoms with van der Waals surface area (Å²) in [6.45, 7) is 5.21. The summed E-state index contributed by atoms with van der Waals surface area (Å²) in [6, 6.07) is 11.7. The molecule has 0 spiro atoms. The lowest BCUT2D eigenvalue weighted by molar-refractivity contribution is -0.115. The maximum absolute atomic E-state index is 12.3. The third kappa shape index (κ3) is 4.25. The maximum atomic E-state index is 12.3. The van der Waals surface area contributed by atoms with E-state index < -0.39 is 11.9 Å². The van der Waals surface area contributed by atoms with Gasteiger partial charge in [0.2, 0.25) is 5.91 Å². The normalized spacial score (nSPS) is 10.1. The first-order valence-electron chi connectivity index (χ1n) is 7.52. The van der Waals surface area contributed by atoms with Crippen molar-refractivity contribution in [2.45, 2.75) is 20.8 Å². The van der Waals surface area contributed by atoms with Crippen LogP contribution in [0.1, 0.15) is 18.1 Å². The number of carbonyl (C=O) groups is 2. The van der Waals surface area contributed by atoms with Crippen molar-refractivity contribution in [3.05, 3.63) is 53.6 Å². The van der Waals surface area contributed by atoms with E-state index in [-0.39, 0.29) is 6.73 Å². The summed E-state index contributed by atoms with van der Waals surface area (Å²) < 4.78 is 5.56. The average Bonchev–Trinajstić information content (AvgIpc) is 2.51. The zero-order valence-electron chi connectivity index (χ0n) is 14.0. The number of hydrogen-bond acceptors (Lipinski definition) is 4. The average molecular weight is 327 g/mol. The van der Waals surface area contributed by atoms with Crippen LogP contribution in [0.3, 0.4) is 0 Å². The zero-order chi connectivity index (χ0) is 17.7. The van der Waals surface area contributed by atoms with Gasteiger partial charge in [0.15, 0.2) is 6.73 Å². The van der Waals surface area contributed by atoms with Crippen molar-refractivity contribution < 1.29 is 14.3 Å². The molecule has 0 saturated carbocycles. The van der Waals surface area contributed by atoms with Crippen molar-refractivity contribution in [1.29, 1.82) is 0 Å². The van der Waals surface area contributed by atoms with E-state index in [1.165, 1.54) is 6.92 Å². The van der Waals surface area contributed by atoms with Crippen LogP contribution in [0.15, 0.2) is 42.5 Å². The lowest BCUT2D eigenvalue weighted by atomic mass is 10.1. The third-order valence-corrected chi connectivity index (χ3v) is 3.45. The van der Waals surface area contributed by atoms with Crippen molar-refractivity contribution >= 4 is 23.3 Å². The standard InChI is InChI=1S/C18H21N3O3/c1-12-4-9-17(13(2)10-12)24-11-20-18(23)21(14(3)22)16-7-5-15(19)6-8-16/h4-10H,11,19H2,1-3H3,(H,20,23). The topological polar surface area (TPSA) is 84.7 Å². The number of urea groups is 1. The van der Waals surface area contributed by atoms with Crippen molar-refractivity contribution in [1.82, 2.24) is 5.32 Å². The fourth-order valence-electron chi connectivity index (χ4n) is 2.28. The summed E-state index contributed by atoms with van der Waals surface area (Å²) in [5, 5.41) is 2.58. The Bertz CT molecular complexity index is 742. The molecule has 3 amide bonds. The van der Waals surface area contributed by atoms with E-state index in [2.05, 4.69) is 5.32 Å².